The summed E-state index contributed by atoms with van der Waals surface area (Å²) in [7, 11) is 1.55. The minimum atomic E-state index is -0.437. The summed E-state index contributed by atoms with van der Waals surface area (Å²) in [5, 5.41) is 8.25. The van der Waals surface area contributed by atoms with Crippen LogP contribution in [0.3, 0.4) is 0 Å². The Balaban J connectivity index is 1.75. The molecule has 0 aliphatic rings. The van der Waals surface area contributed by atoms with Crippen molar-refractivity contribution in [2.75, 3.05) is 12.4 Å². The highest BCUT2D eigenvalue weighted by Gasteiger charge is 2.12. The third kappa shape index (κ3) is 3.92. The summed E-state index contributed by atoms with van der Waals surface area (Å²) in [4.78, 5) is 16.2. The van der Waals surface area contributed by atoms with Gasteiger partial charge in [-0.1, -0.05) is 23.8 Å². The van der Waals surface area contributed by atoms with Gasteiger partial charge in [0.2, 0.25) is 0 Å². The van der Waals surface area contributed by atoms with Gasteiger partial charge < -0.3 is 15.4 Å². The Hall–Kier alpha value is -3.60. The lowest BCUT2D eigenvalue weighted by molar-refractivity contribution is 0.142. The van der Waals surface area contributed by atoms with Gasteiger partial charge in [-0.2, -0.15) is 0 Å². The maximum atomic E-state index is 11.3. The minimum Gasteiger partial charge on any atom is -0.445 e. The molecule has 30 heavy (non-hydrogen) atoms. The second kappa shape index (κ2) is 8.03. The molecule has 0 spiro atoms. The number of pyridine rings is 1. The number of rotatable bonds is 4. The van der Waals surface area contributed by atoms with Gasteiger partial charge >= 0.3 is 6.09 Å². The van der Waals surface area contributed by atoms with Crippen LogP contribution >= 0.6 is 0 Å². The van der Waals surface area contributed by atoms with Crippen LogP contribution in [-0.2, 0) is 11.3 Å². The molecular formula is C25H25N3O2. The van der Waals surface area contributed by atoms with Crippen LogP contribution in [0.4, 0.5) is 16.2 Å². The summed E-state index contributed by atoms with van der Waals surface area (Å²) in [5.74, 6) is 0. The molecule has 1 amide bonds. The maximum absolute atomic E-state index is 11.3. The first-order valence-corrected chi connectivity index (χ1v) is 9.96. The lowest BCUT2D eigenvalue weighted by atomic mass is 10.0. The molecule has 3 aromatic carbocycles. The second-order valence-electron chi connectivity index (χ2n) is 7.61. The predicted octanol–water partition coefficient (Wildman–Crippen LogP) is 5.91. The highest BCUT2D eigenvalue weighted by molar-refractivity contribution is 6.09. The monoisotopic (exact) mass is 399 g/mol. The quantitative estimate of drug-likeness (QED) is 0.419. The van der Waals surface area contributed by atoms with Crippen molar-refractivity contribution in [1.29, 1.82) is 0 Å². The zero-order valence-corrected chi connectivity index (χ0v) is 17.7. The van der Waals surface area contributed by atoms with Crippen molar-refractivity contribution in [2.45, 2.75) is 27.4 Å². The fraction of sp³-hybridized carbons (Fsp3) is 0.200. The van der Waals surface area contributed by atoms with E-state index in [2.05, 4.69) is 61.7 Å². The maximum Gasteiger partial charge on any atom is 0.407 e. The summed E-state index contributed by atoms with van der Waals surface area (Å²) in [5.41, 5.74) is 8.55. The van der Waals surface area contributed by atoms with E-state index < -0.39 is 6.09 Å². The standard InChI is InChI=1S/C25H25N3O2/c1-15-5-10-22-20(11-15)24(21-12-16(2)17(3)13-23(21)28-22)27-19-8-6-18(7-9-19)14-30-25(29)26-4/h5-13H,14H2,1-4H3,(H,26,29)(H,27,28). The van der Waals surface area contributed by atoms with Crippen LogP contribution in [0.25, 0.3) is 21.8 Å². The first kappa shape index (κ1) is 19.7. The van der Waals surface area contributed by atoms with Crippen molar-refractivity contribution < 1.29 is 9.53 Å². The lowest BCUT2D eigenvalue weighted by Gasteiger charge is -2.15. The summed E-state index contributed by atoms with van der Waals surface area (Å²) in [6.07, 6.45) is -0.437. The number of nitrogens with zero attached hydrogens (tertiary/aromatic N) is 1. The molecule has 1 heterocycles. The SMILES string of the molecule is CNC(=O)OCc1ccc(Nc2c3cc(C)ccc3nc3cc(C)c(C)cc23)cc1. The fourth-order valence-corrected chi connectivity index (χ4v) is 3.50. The number of aryl methyl sites for hydroxylation is 3. The molecule has 4 aromatic rings. The molecule has 152 valence electrons. The molecule has 0 saturated carbocycles. The van der Waals surface area contributed by atoms with Crippen LogP contribution in [0.5, 0.6) is 0 Å². The van der Waals surface area contributed by atoms with E-state index in [0.29, 0.717) is 0 Å². The van der Waals surface area contributed by atoms with Gasteiger partial charge in [-0.05, 0) is 73.9 Å². The number of alkyl carbamates (subject to hydrolysis) is 1. The number of anilines is 2. The third-order valence-corrected chi connectivity index (χ3v) is 5.34. The number of fused-ring (bicyclic) bond motifs is 2. The van der Waals surface area contributed by atoms with E-state index >= 15 is 0 Å². The highest BCUT2D eigenvalue weighted by atomic mass is 16.5. The summed E-state index contributed by atoms with van der Waals surface area (Å²) < 4.78 is 5.11. The average molecular weight is 399 g/mol. The zero-order chi connectivity index (χ0) is 21.3. The Morgan fingerprint density at radius 2 is 1.60 bits per heavy atom. The zero-order valence-electron chi connectivity index (χ0n) is 17.7. The first-order chi connectivity index (χ1) is 14.4. The van der Waals surface area contributed by atoms with Crippen molar-refractivity contribution in [3.05, 3.63) is 76.9 Å². The third-order valence-electron chi connectivity index (χ3n) is 5.34. The minimum absolute atomic E-state index is 0.235. The first-order valence-electron chi connectivity index (χ1n) is 9.96. The van der Waals surface area contributed by atoms with Crippen LogP contribution in [-0.4, -0.2) is 18.1 Å². The molecule has 0 saturated heterocycles. The van der Waals surface area contributed by atoms with E-state index in [9.17, 15) is 4.79 Å². The smallest absolute Gasteiger partial charge is 0.407 e. The number of carbonyl (C=O) groups is 1. The lowest BCUT2D eigenvalue weighted by Crippen LogP contribution is -2.18. The van der Waals surface area contributed by atoms with Crippen LogP contribution in [0.2, 0.25) is 0 Å². The molecule has 0 bridgehead atoms. The molecule has 5 nitrogen and oxygen atoms in total. The van der Waals surface area contributed by atoms with Crippen molar-refractivity contribution in [1.82, 2.24) is 10.3 Å². The molecule has 2 N–H and O–H groups in total. The van der Waals surface area contributed by atoms with Crippen molar-refractivity contribution in [3.8, 4) is 0 Å². The number of carbonyl (C=O) groups excluding carboxylic acids is 1. The van der Waals surface area contributed by atoms with Crippen molar-refractivity contribution in [2.24, 2.45) is 0 Å². The second-order valence-corrected chi connectivity index (χ2v) is 7.61. The summed E-state index contributed by atoms with van der Waals surface area (Å²) >= 11 is 0. The molecule has 5 heteroatoms. The van der Waals surface area contributed by atoms with E-state index in [0.717, 1.165) is 38.7 Å². The molecule has 1 aromatic heterocycles. The van der Waals surface area contributed by atoms with E-state index in [-0.39, 0.29) is 6.61 Å². The fourth-order valence-electron chi connectivity index (χ4n) is 3.50. The number of benzene rings is 3. The largest absolute Gasteiger partial charge is 0.445 e. The predicted molar refractivity (Wildman–Crippen MR) is 122 cm³/mol. The Bertz CT molecular complexity index is 1250. The van der Waals surface area contributed by atoms with Crippen LogP contribution in [0.1, 0.15) is 22.3 Å². The topological polar surface area (TPSA) is 63.2 Å². The van der Waals surface area contributed by atoms with Crippen LogP contribution < -0.4 is 10.6 Å². The number of hydrogen-bond acceptors (Lipinski definition) is 4. The number of hydrogen-bond donors (Lipinski definition) is 2. The Morgan fingerprint density at radius 1 is 0.900 bits per heavy atom. The van der Waals surface area contributed by atoms with Gasteiger partial charge in [-0.15, -0.1) is 0 Å². The molecule has 0 fully saturated rings. The molecule has 4 rings (SSSR count). The molecule has 0 aliphatic carbocycles. The van der Waals surface area contributed by atoms with Gasteiger partial charge in [0, 0.05) is 23.5 Å². The number of aromatic nitrogens is 1. The van der Waals surface area contributed by atoms with Gasteiger partial charge in [-0.3, -0.25) is 0 Å². The Labute approximate surface area is 176 Å². The van der Waals surface area contributed by atoms with Crippen LogP contribution in [0, 0.1) is 20.8 Å². The highest BCUT2D eigenvalue weighted by Crippen LogP contribution is 2.35. The number of nitrogens with one attached hydrogen (secondary N) is 2. The molecule has 0 atom stereocenters. The number of ether oxygens (including phenoxy) is 1. The van der Waals surface area contributed by atoms with Gasteiger partial charge in [0.1, 0.15) is 6.61 Å². The van der Waals surface area contributed by atoms with Crippen molar-refractivity contribution in [3.63, 3.8) is 0 Å². The van der Waals surface area contributed by atoms with Gasteiger partial charge in [-0.25, -0.2) is 9.78 Å². The Kier molecular flexibility index (Phi) is 5.27. The molecule has 0 aliphatic heterocycles. The van der Waals surface area contributed by atoms with E-state index in [4.69, 9.17) is 9.72 Å². The van der Waals surface area contributed by atoms with Gasteiger partial charge in [0.25, 0.3) is 0 Å². The summed E-state index contributed by atoms with van der Waals surface area (Å²) in [6, 6.07) is 18.6. The molecular weight excluding hydrogens is 374 g/mol. The van der Waals surface area contributed by atoms with Crippen LogP contribution in [0.15, 0.2) is 54.6 Å². The summed E-state index contributed by atoms with van der Waals surface area (Å²) in [6.45, 7) is 6.57. The average Bonchev–Trinajstić information content (AvgIpc) is 2.74. The number of amides is 1. The van der Waals surface area contributed by atoms with Gasteiger partial charge in [0.05, 0.1) is 16.7 Å². The van der Waals surface area contributed by atoms with E-state index in [1.807, 2.05) is 24.3 Å². The molecule has 0 radical (unpaired) electrons. The van der Waals surface area contributed by atoms with Crippen molar-refractivity contribution >= 4 is 39.3 Å². The normalized spacial score (nSPS) is 10.9. The Morgan fingerprint density at radius 3 is 2.33 bits per heavy atom. The van der Waals surface area contributed by atoms with Gasteiger partial charge in [0.15, 0.2) is 0 Å². The molecule has 0 unspecified atom stereocenters. The van der Waals surface area contributed by atoms with E-state index in [1.165, 1.54) is 16.7 Å². The van der Waals surface area contributed by atoms with E-state index in [1.54, 1.807) is 7.05 Å².